The maximum atomic E-state index is 12.1. The zero-order chi connectivity index (χ0) is 15.2. The fourth-order valence-electron chi connectivity index (χ4n) is 2.00. The van der Waals surface area contributed by atoms with Gasteiger partial charge in [-0.05, 0) is 31.0 Å². The maximum Gasteiger partial charge on any atom is 0.291 e. The molecule has 0 saturated heterocycles. The normalized spacial score (nSPS) is 12.0. The number of aryl methyl sites for hydroxylation is 1. The van der Waals surface area contributed by atoms with Gasteiger partial charge in [0.2, 0.25) is 5.82 Å². The zero-order valence-electron chi connectivity index (χ0n) is 12.5. The first-order valence-electron chi connectivity index (χ1n) is 7.00. The number of hydrogen-bond donors (Lipinski definition) is 2. The number of benzene rings is 1. The van der Waals surface area contributed by atoms with Gasteiger partial charge >= 0.3 is 0 Å². The minimum Gasteiger partial charge on any atom is -0.497 e. The molecule has 21 heavy (non-hydrogen) atoms. The van der Waals surface area contributed by atoms with Crippen molar-refractivity contribution in [2.45, 2.75) is 32.7 Å². The molecular weight excluding hydrogens is 268 g/mol. The second kappa shape index (κ2) is 6.88. The molecule has 2 N–H and O–H groups in total. The lowest BCUT2D eigenvalue weighted by atomic mass is 10.1. The predicted molar refractivity (Wildman–Crippen MR) is 79.3 cm³/mol. The first-order chi connectivity index (χ1) is 10.1. The second-order valence-corrected chi connectivity index (χ2v) is 4.83. The van der Waals surface area contributed by atoms with Crippen molar-refractivity contribution in [3.05, 3.63) is 41.5 Å². The summed E-state index contributed by atoms with van der Waals surface area (Å²) in [7, 11) is 1.62. The van der Waals surface area contributed by atoms with Crippen LogP contribution in [0.4, 0.5) is 0 Å². The number of carbonyl (C=O) groups is 1. The number of rotatable bonds is 6. The Morgan fingerprint density at radius 3 is 3.00 bits per heavy atom. The quantitative estimate of drug-likeness (QED) is 0.854. The number of carbonyl (C=O) groups excluding carboxylic acids is 1. The van der Waals surface area contributed by atoms with Crippen molar-refractivity contribution < 1.29 is 9.53 Å². The number of aromatic nitrogens is 3. The van der Waals surface area contributed by atoms with E-state index in [9.17, 15) is 4.79 Å². The third-order valence-electron chi connectivity index (χ3n) is 3.16. The first kappa shape index (κ1) is 15.0. The summed E-state index contributed by atoms with van der Waals surface area (Å²) < 4.78 is 5.18. The third kappa shape index (κ3) is 3.81. The van der Waals surface area contributed by atoms with E-state index in [1.54, 1.807) is 7.11 Å². The molecule has 1 aromatic carbocycles. The minimum absolute atomic E-state index is 0.152. The SMILES string of the molecule is CCCc1nc(C(=O)NC(C)c2cccc(OC)c2)n[nH]1. The number of hydrogen-bond acceptors (Lipinski definition) is 4. The van der Waals surface area contributed by atoms with Gasteiger partial charge < -0.3 is 10.1 Å². The highest BCUT2D eigenvalue weighted by molar-refractivity contribution is 5.90. The highest BCUT2D eigenvalue weighted by Crippen LogP contribution is 2.18. The van der Waals surface area contributed by atoms with E-state index >= 15 is 0 Å². The number of aromatic amines is 1. The molecule has 0 aliphatic heterocycles. The Labute approximate surface area is 123 Å². The summed E-state index contributed by atoms with van der Waals surface area (Å²) in [5, 5.41) is 9.60. The van der Waals surface area contributed by atoms with Gasteiger partial charge in [-0.2, -0.15) is 0 Å². The molecule has 2 rings (SSSR count). The second-order valence-electron chi connectivity index (χ2n) is 4.83. The van der Waals surface area contributed by atoms with Crippen LogP contribution >= 0.6 is 0 Å². The van der Waals surface area contributed by atoms with E-state index in [2.05, 4.69) is 20.5 Å². The van der Waals surface area contributed by atoms with Crippen molar-refractivity contribution in [1.29, 1.82) is 0 Å². The molecule has 0 aliphatic rings. The Bertz CT molecular complexity index is 609. The van der Waals surface area contributed by atoms with Crippen LogP contribution < -0.4 is 10.1 Å². The Morgan fingerprint density at radius 1 is 1.48 bits per heavy atom. The summed E-state index contributed by atoms with van der Waals surface area (Å²) in [5.74, 6) is 1.38. The monoisotopic (exact) mass is 288 g/mol. The lowest BCUT2D eigenvalue weighted by Gasteiger charge is -2.13. The van der Waals surface area contributed by atoms with Gasteiger partial charge in [0.1, 0.15) is 11.6 Å². The van der Waals surface area contributed by atoms with Crippen LogP contribution in [-0.2, 0) is 6.42 Å². The summed E-state index contributed by atoms with van der Waals surface area (Å²) in [5.41, 5.74) is 0.965. The molecule has 0 aliphatic carbocycles. The van der Waals surface area contributed by atoms with Gasteiger partial charge in [0.05, 0.1) is 13.2 Å². The standard InChI is InChI=1S/C15H20N4O2/c1-4-6-13-17-14(19-18-13)15(20)16-10(2)11-7-5-8-12(9-11)21-3/h5,7-10H,4,6H2,1-3H3,(H,16,20)(H,17,18,19). The van der Waals surface area contributed by atoms with Crippen molar-refractivity contribution in [1.82, 2.24) is 20.5 Å². The van der Waals surface area contributed by atoms with Gasteiger partial charge in [0.15, 0.2) is 0 Å². The summed E-state index contributed by atoms with van der Waals surface area (Å²) in [6, 6.07) is 7.44. The average Bonchev–Trinajstić information content (AvgIpc) is 2.96. The summed E-state index contributed by atoms with van der Waals surface area (Å²) in [6.45, 7) is 3.96. The molecule has 1 heterocycles. The van der Waals surface area contributed by atoms with E-state index in [1.165, 1.54) is 0 Å². The highest BCUT2D eigenvalue weighted by Gasteiger charge is 2.16. The first-order valence-corrected chi connectivity index (χ1v) is 7.00. The number of amides is 1. The van der Waals surface area contributed by atoms with Crippen LogP contribution in [0, 0.1) is 0 Å². The average molecular weight is 288 g/mol. The molecule has 0 bridgehead atoms. The lowest BCUT2D eigenvalue weighted by Crippen LogP contribution is -2.27. The number of H-pyrrole nitrogens is 1. The molecular formula is C15H20N4O2. The van der Waals surface area contributed by atoms with Gasteiger partial charge in [-0.3, -0.25) is 9.89 Å². The minimum atomic E-state index is -0.288. The van der Waals surface area contributed by atoms with E-state index in [-0.39, 0.29) is 17.8 Å². The van der Waals surface area contributed by atoms with Crippen LogP contribution in [0.5, 0.6) is 5.75 Å². The van der Waals surface area contributed by atoms with Gasteiger partial charge in [-0.25, -0.2) is 4.98 Å². The van der Waals surface area contributed by atoms with Gasteiger partial charge in [-0.15, -0.1) is 5.10 Å². The van der Waals surface area contributed by atoms with Gasteiger partial charge in [-0.1, -0.05) is 19.1 Å². The third-order valence-corrected chi connectivity index (χ3v) is 3.16. The molecule has 1 atom stereocenters. The number of methoxy groups -OCH3 is 1. The van der Waals surface area contributed by atoms with E-state index in [0.29, 0.717) is 0 Å². The summed E-state index contributed by atoms with van der Waals surface area (Å²) in [6.07, 6.45) is 1.74. The van der Waals surface area contributed by atoms with Crippen LogP contribution in [0.2, 0.25) is 0 Å². The molecule has 0 spiro atoms. The van der Waals surface area contributed by atoms with Gasteiger partial charge in [0.25, 0.3) is 5.91 Å². The van der Waals surface area contributed by atoms with Crippen molar-refractivity contribution >= 4 is 5.91 Å². The van der Waals surface area contributed by atoms with Crippen molar-refractivity contribution in [3.63, 3.8) is 0 Å². The number of ether oxygens (including phenoxy) is 1. The van der Waals surface area contributed by atoms with Crippen molar-refractivity contribution in [3.8, 4) is 5.75 Å². The Hall–Kier alpha value is -2.37. The fourth-order valence-corrected chi connectivity index (χ4v) is 2.00. The van der Waals surface area contributed by atoms with Crippen LogP contribution in [0.1, 0.15) is 48.3 Å². The number of nitrogens with one attached hydrogen (secondary N) is 2. The summed E-state index contributed by atoms with van der Waals surface area (Å²) >= 11 is 0. The molecule has 6 heteroatoms. The molecule has 0 fully saturated rings. The van der Waals surface area contributed by atoms with E-state index < -0.39 is 0 Å². The smallest absolute Gasteiger partial charge is 0.291 e. The van der Waals surface area contributed by atoms with Crippen LogP contribution in [0.3, 0.4) is 0 Å². The molecule has 0 radical (unpaired) electrons. The largest absolute Gasteiger partial charge is 0.497 e. The summed E-state index contributed by atoms with van der Waals surface area (Å²) in [4.78, 5) is 16.3. The van der Waals surface area contributed by atoms with E-state index in [0.717, 1.165) is 30.0 Å². The lowest BCUT2D eigenvalue weighted by molar-refractivity contribution is 0.0929. The van der Waals surface area contributed by atoms with Crippen LogP contribution in [0.25, 0.3) is 0 Å². The molecule has 1 amide bonds. The van der Waals surface area contributed by atoms with Crippen LogP contribution in [-0.4, -0.2) is 28.2 Å². The van der Waals surface area contributed by atoms with E-state index in [1.807, 2.05) is 38.1 Å². The van der Waals surface area contributed by atoms with Gasteiger partial charge in [0, 0.05) is 6.42 Å². The van der Waals surface area contributed by atoms with Crippen LogP contribution in [0.15, 0.2) is 24.3 Å². The van der Waals surface area contributed by atoms with E-state index in [4.69, 9.17) is 4.74 Å². The fraction of sp³-hybridized carbons (Fsp3) is 0.400. The van der Waals surface area contributed by atoms with Crippen molar-refractivity contribution in [2.24, 2.45) is 0 Å². The molecule has 1 aromatic heterocycles. The molecule has 6 nitrogen and oxygen atoms in total. The zero-order valence-corrected chi connectivity index (χ0v) is 12.5. The Kier molecular flexibility index (Phi) is 4.92. The Balaban J connectivity index is 2.03. The molecule has 112 valence electrons. The number of nitrogens with zero attached hydrogens (tertiary/aromatic N) is 2. The predicted octanol–water partition coefficient (Wildman–Crippen LogP) is 2.26. The molecule has 1 unspecified atom stereocenters. The molecule has 0 saturated carbocycles. The van der Waals surface area contributed by atoms with Crippen molar-refractivity contribution in [2.75, 3.05) is 7.11 Å². The highest BCUT2D eigenvalue weighted by atomic mass is 16.5. The molecule has 2 aromatic rings. The maximum absolute atomic E-state index is 12.1. The Morgan fingerprint density at radius 2 is 2.29 bits per heavy atom. The topological polar surface area (TPSA) is 79.9 Å².